The molecule has 0 saturated carbocycles. The molecule has 0 aliphatic heterocycles. The molecule has 0 atom stereocenters. The smallest absolute Gasteiger partial charge is 0.277 e. The molecule has 0 aromatic carbocycles. The molecule has 2 aromatic heterocycles. The van der Waals surface area contributed by atoms with Crippen molar-refractivity contribution in [3.8, 4) is 10.6 Å². The van der Waals surface area contributed by atoms with Gasteiger partial charge >= 0.3 is 0 Å². The first-order valence-corrected chi connectivity index (χ1v) is 5.52. The van der Waals surface area contributed by atoms with E-state index in [2.05, 4.69) is 17.1 Å². The highest BCUT2D eigenvalue weighted by Crippen LogP contribution is 2.24. The quantitative estimate of drug-likeness (QED) is 0.888. The van der Waals surface area contributed by atoms with E-state index in [1.165, 1.54) is 11.3 Å². The van der Waals surface area contributed by atoms with Crippen molar-refractivity contribution in [2.45, 2.75) is 6.92 Å². The van der Waals surface area contributed by atoms with Crippen molar-refractivity contribution in [3.05, 3.63) is 41.5 Å². The Morgan fingerprint density at radius 3 is 3.06 bits per heavy atom. The summed E-state index contributed by atoms with van der Waals surface area (Å²) in [6, 6.07) is 5.44. The predicted octanol–water partition coefficient (Wildman–Crippen LogP) is 2.67. The van der Waals surface area contributed by atoms with Crippen LogP contribution in [-0.2, 0) is 0 Å². The van der Waals surface area contributed by atoms with E-state index in [4.69, 9.17) is 4.52 Å². The summed E-state index contributed by atoms with van der Waals surface area (Å²) in [5, 5.41) is 8.20. The fraction of sp³-hybridized carbons (Fsp3) is 0.0909. The Morgan fingerprint density at radius 1 is 1.62 bits per heavy atom. The summed E-state index contributed by atoms with van der Waals surface area (Å²) < 4.78 is 5.08. The first kappa shape index (κ1) is 10.6. The Morgan fingerprint density at radius 2 is 2.44 bits per heavy atom. The van der Waals surface area contributed by atoms with Crippen molar-refractivity contribution in [1.29, 1.82) is 0 Å². The van der Waals surface area contributed by atoms with E-state index in [1.807, 2.05) is 17.5 Å². The van der Waals surface area contributed by atoms with Crippen molar-refractivity contribution >= 4 is 17.2 Å². The van der Waals surface area contributed by atoms with Crippen LogP contribution in [0.25, 0.3) is 10.6 Å². The molecule has 4 nitrogen and oxygen atoms in total. The number of nitrogens with zero attached hydrogens (tertiary/aromatic N) is 1. The second-order valence-electron chi connectivity index (χ2n) is 3.29. The van der Waals surface area contributed by atoms with Gasteiger partial charge in [-0.25, -0.2) is 0 Å². The molecule has 2 rings (SSSR count). The molecule has 0 fully saturated rings. The van der Waals surface area contributed by atoms with Gasteiger partial charge in [0.2, 0.25) is 0 Å². The largest absolute Gasteiger partial charge is 0.355 e. The lowest BCUT2D eigenvalue weighted by molar-refractivity contribution is 0.0957. The number of carbonyl (C=O) groups excluding carboxylic acids is 1. The molecule has 0 aliphatic rings. The zero-order chi connectivity index (χ0) is 11.5. The van der Waals surface area contributed by atoms with Crippen molar-refractivity contribution < 1.29 is 9.32 Å². The van der Waals surface area contributed by atoms with Crippen LogP contribution >= 0.6 is 11.3 Å². The highest BCUT2D eigenvalue weighted by atomic mass is 32.1. The minimum absolute atomic E-state index is 0.256. The van der Waals surface area contributed by atoms with Gasteiger partial charge in [0, 0.05) is 11.8 Å². The number of thiophene rings is 1. The number of amides is 1. The number of allylic oxidation sites excluding steroid dienone is 1. The Labute approximate surface area is 96.6 Å². The van der Waals surface area contributed by atoms with Gasteiger partial charge in [0.1, 0.15) is 0 Å². The summed E-state index contributed by atoms with van der Waals surface area (Å²) in [5.41, 5.74) is 0.831. The SMILES string of the molecule is C=C(C)NC(=O)c1cc(-c2cccs2)on1. The topological polar surface area (TPSA) is 55.1 Å². The third kappa shape index (κ3) is 2.20. The Balaban J connectivity index is 2.20. The molecule has 1 N–H and O–H groups in total. The van der Waals surface area contributed by atoms with E-state index in [1.54, 1.807) is 13.0 Å². The number of hydrogen-bond acceptors (Lipinski definition) is 4. The van der Waals surface area contributed by atoms with Gasteiger partial charge < -0.3 is 9.84 Å². The first-order chi connectivity index (χ1) is 7.66. The van der Waals surface area contributed by atoms with Gasteiger partial charge in [-0.05, 0) is 18.4 Å². The Bertz CT molecular complexity index is 514. The summed E-state index contributed by atoms with van der Waals surface area (Å²) in [7, 11) is 0. The predicted molar refractivity (Wildman–Crippen MR) is 62.1 cm³/mol. The summed E-state index contributed by atoms with van der Waals surface area (Å²) in [5.74, 6) is 0.293. The maximum Gasteiger partial charge on any atom is 0.277 e. The van der Waals surface area contributed by atoms with Crippen LogP contribution in [0.4, 0.5) is 0 Å². The van der Waals surface area contributed by atoms with Crippen molar-refractivity contribution in [3.63, 3.8) is 0 Å². The standard InChI is InChI=1S/C11H10N2O2S/c1-7(2)12-11(14)8-6-9(15-13-8)10-4-3-5-16-10/h3-6H,1H2,2H3,(H,12,14). The van der Waals surface area contributed by atoms with E-state index in [-0.39, 0.29) is 11.6 Å². The molecule has 0 radical (unpaired) electrons. The fourth-order valence-corrected chi connectivity index (χ4v) is 1.85. The molecule has 2 aromatic rings. The van der Waals surface area contributed by atoms with Crippen LogP contribution in [0.5, 0.6) is 0 Å². The third-order valence-electron chi connectivity index (χ3n) is 1.83. The molecular formula is C11H10N2O2S. The Hall–Kier alpha value is -1.88. The number of rotatable bonds is 3. The van der Waals surface area contributed by atoms with Gasteiger partial charge in [0.05, 0.1) is 4.88 Å². The maximum atomic E-state index is 11.5. The number of aromatic nitrogens is 1. The monoisotopic (exact) mass is 234 g/mol. The van der Waals surface area contributed by atoms with Crippen LogP contribution in [0.3, 0.4) is 0 Å². The van der Waals surface area contributed by atoms with Crippen LogP contribution in [0, 0.1) is 0 Å². The minimum Gasteiger partial charge on any atom is -0.355 e. The van der Waals surface area contributed by atoms with Gasteiger partial charge in [-0.1, -0.05) is 17.8 Å². The van der Waals surface area contributed by atoms with Crippen molar-refractivity contribution in [2.75, 3.05) is 0 Å². The van der Waals surface area contributed by atoms with Crippen molar-refractivity contribution in [2.24, 2.45) is 0 Å². The molecular weight excluding hydrogens is 224 g/mol. The lowest BCUT2D eigenvalue weighted by Crippen LogP contribution is -2.20. The molecule has 5 heteroatoms. The lowest BCUT2D eigenvalue weighted by Gasteiger charge is -1.97. The van der Waals surface area contributed by atoms with Gasteiger partial charge in [0.25, 0.3) is 5.91 Å². The normalized spacial score (nSPS) is 10.1. The van der Waals surface area contributed by atoms with Crippen LogP contribution in [-0.4, -0.2) is 11.1 Å². The maximum absolute atomic E-state index is 11.5. The van der Waals surface area contributed by atoms with Gasteiger partial charge in [-0.3, -0.25) is 4.79 Å². The molecule has 0 aliphatic carbocycles. The van der Waals surface area contributed by atoms with Gasteiger partial charge in [-0.2, -0.15) is 0 Å². The highest BCUT2D eigenvalue weighted by molar-refractivity contribution is 7.13. The second-order valence-corrected chi connectivity index (χ2v) is 4.24. The summed E-state index contributed by atoms with van der Waals surface area (Å²) >= 11 is 1.53. The third-order valence-corrected chi connectivity index (χ3v) is 2.72. The molecule has 2 heterocycles. The minimum atomic E-state index is -0.306. The highest BCUT2D eigenvalue weighted by Gasteiger charge is 2.13. The van der Waals surface area contributed by atoms with Gasteiger partial charge in [-0.15, -0.1) is 11.3 Å². The number of nitrogens with one attached hydrogen (secondary N) is 1. The van der Waals surface area contributed by atoms with Gasteiger partial charge in [0.15, 0.2) is 11.5 Å². The molecule has 0 unspecified atom stereocenters. The lowest BCUT2D eigenvalue weighted by atomic mass is 10.3. The Kier molecular flexibility index (Phi) is 2.87. The average Bonchev–Trinajstić information content (AvgIpc) is 2.87. The van der Waals surface area contributed by atoms with E-state index < -0.39 is 0 Å². The summed E-state index contributed by atoms with van der Waals surface area (Å²) in [6.45, 7) is 5.30. The fourth-order valence-electron chi connectivity index (χ4n) is 1.17. The van der Waals surface area contributed by atoms with E-state index in [9.17, 15) is 4.79 Å². The van der Waals surface area contributed by atoms with Crippen LogP contribution < -0.4 is 5.32 Å². The zero-order valence-corrected chi connectivity index (χ0v) is 9.50. The van der Waals surface area contributed by atoms with Crippen LogP contribution in [0.1, 0.15) is 17.4 Å². The van der Waals surface area contributed by atoms with Crippen LogP contribution in [0.15, 0.2) is 40.4 Å². The van der Waals surface area contributed by atoms with E-state index in [0.717, 1.165) is 4.88 Å². The van der Waals surface area contributed by atoms with Crippen LogP contribution in [0.2, 0.25) is 0 Å². The number of carbonyl (C=O) groups is 1. The second kappa shape index (κ2) is 4.32. The average molecular weight is 234 g/mol. The van der Waals surface area contributed by atoms with E-state index in [0.29, 0.717) is 11.5 Å². The summed E-state index contributed by atoms with van der Waals surface area (Å²) in [4.78, 5) is 12.5. The molecule has 82 valence electrons. The molecule has 0 spiro atoms. The molecule has 0 saturated heterocycles. The molecule has 0 bridgehead atoms. The van der Waals surface area contributed by atoms with E-state index >= 15 is 0 Å². The first-order valence-electron chi connectivity index (χ1n) is 4.64. The molecule has 16 heavy (non-hydrogen) atoms. The number of hydrogen-bond donors (Lipinski definition) is 1. The summed E-state index contributed by atoms with van der Waals surface area (Å²) in [6.07, 6.45) is 0. The van der Waals surface area contributed by atoms with Crippen molar-refractivity contribution in [1.82, 2.24) is 10.5 Å². The molecule has 1 amide bonds. The zero-order valence-electron chi connectivity index (χ0n) is 8.69.